The van der Waals surface area contributed by atoms with Crippen molar-refractivity contribution < 1.29 is 38.4 Å². The zero-order valence-corrected chi connectivity index (χ0v) is 17.4. The summed E-state index contributed by atoms with van der Waals surface area (Å²) in [6, 6.07) is 3.37. The Labute approximate surface area is 185 Å². The van der Waals surface area contributed by atoms with E-state index in [9.17, 15) is 33.6 Å². The molecule has 176 valence electrons. The third kappa shape index (κ3) is 3.31. The maximum Gasteiger partial charge on any atom is 0.300 e. The highest BCUT2D eigenvalue weighted by molar-refractivity contribution is 7.90. The van der Waals surface area contributed by atoms with Crippen LogP contribution in [0.1, 0.15) is 10.4 Å². The number of nitrogen functional groups attached to an aromatic ring is 2. The van der Waals surface area contributed by atoms with E-state index in [0.717, 1.165) is 29.4 Å². The van der Waals surface area contributed by atoms with Crippen molar-refractivity contribution in [3.63, 3.8) is 0 Å². The topological polar surface area (TPSA) is 249 Å². The molecule has 1 amide bonds. The van der Waals surface area contributed by atoms with Gasteiger partial charge in [-0.25, -0.2) is 28.1 Å². The first-order valence-electron chi connectivity index (χ1n) is 9.27. The molecule has 0 radical (unpaired) electrons. The van der Waals surface area contributed by atoms with Gasteiger partial charge in [-0.2, -0.15) is 0 Å². The highest BCUT2D eigenvalue weighted by Gasteiger charge is 2.65. The van der Waals surface area contributed by atoms with Crippen molar-refractivity contribution in [1.29, 1.82) is 0 Å². The predicted octanol–water partition coefficient (Wildman–Crippen LogP) is -2.82. The number of carbonyl (C=O) groups excluding carboxylic acids is 1. The number of nitrogens with one attached hydrogen (secondary N) is 1. The number of phenols is 1. The van der Waals surface area contributed by atoms with Gasteiger partial charge in [0.25, 0.3) is 15.9 Å². The Balaban J connectivity index is 1.88. The molecule has 15 nitrogen and oxygen atoms in total. The Morgan fingerprint density at radius 3 is 2.61 bits per heavy atom. The lowest BCUT2D eigenvalue weighted by Crippen LogP contribution is -2.56. The fourth-order valence-corrected chi connectivity index (χ4v) is 5.14. The van der Waals surface area contributed by atoms with Crippen molar-refractivity contribution in [1.82, 2.24) is 24.2 Å². The lowest BCUT2D eigenvalue weighted by Gasteiger charge is -2.32. The van der Waals surface area contributed by atoms with E-state index in [2.05, 4.69) is 15.0 Å². The molecule has 1 saturated heterocycles. The van der Waals surface area contributed by atoms with Gasteiger partial charge in [0.2, 0.25) is 0 Å². The molecule has 16 heteroatoms. The van der Waals surface area contributed by atoms with Crippen LogP contribution in [0.15, 0.2) is 30.9 Å². The number of hydrogen-bond donors (Lipinski definition) is 7. The van der Waals surface area contributed by atoms with Crippen molar-refractivity contribution in [2.75, 3.05) is 18.1 Å². The number of amides is 1. The first-order chi connectivity index (χ1) is 15.5. The summed E-state index contributed by atoms with van der Waals surface area (Å²) in [5, 5.41) is 37.8. The van der Waals surface area contributed by atoms with Crippen LogP contribution in [0, 0.1) is 0 Å². The van der Waals surface area contributed by atoms with E-state index in [1.165, 1.54) is 6.07 Å². The number of sulfonamides is 1. The number of benzene rings is 1. The number of anilines is 2. The summed E-state index contributed by atoms with van der Waals surface area (Å²) >= 11 is 0. The van der Waals surface area contributed by atoms with E-state index >= 15 is 0 Å². The highest BCUT2D eigenvalue weighted by Crippen LogP contribution is 2.41. The van der Waals surface area contributed by atoms with Gasteiger partial charge in [0.1, 0.15) is 42.2 Å². The molecule has 4 atom stereocenters. The second kappa shape index (κ2) is 7.78. The number of imidazole rings is 1. The van der Waals surface area contributed by atoms with Crippen molar-refractivity contribution in [3.05, 3.63) is 36.4 Å². The van der Waals surface area contributed by atoms with Gasteiger partial charge in [-0.15, -0.1) is 0 Å². The molecule has 1 fully saturated rings. The summed E-state index contributed by atoms with van der Waals surface area (Å²) in [4.78, 5) is 24.3. The van der Waals surface area contributed by atoms with Crippen LogP contribution in [-0.2, 0) is 19.8 Å². The van der Waals surface area contributed by atoms with Crippen LogP contribution < -0.4 is 16.2 Å². The number of aliphatic hydroxyl groups is 3. The molecule has 1 aromatic carbocycles. The first kappa shape index (κ1) is 22.6. The van der Waals surface area contributed by atoms with Gasteiger partial charge >= 0.3 is 5.06 Å². The van der Waals surface area contributed by atoms with Crippen molar-refractivity contribution in [2.24, 2.45) is 0 Å². The SMILES string of the molecule is Nc1ccc(C(=O)NS(=O)(=O)[C@@]2(n3cnc4c(N)ncnc43)O[C@H](CO)[C@@H](O)[C@H]2O)c(O)c1. The Kier molecular flexibility index (Phi) is 5.33. The van der Waals surface area contributed by atoms with Crippen molar-refractivity contribution >= 4 is 38.6 Å². The highest BCUT2D eigenvalue weighted by atomic mass is 32.2. The number of aromatic hydroxyl groups is 1. The van der Waals surface area contributed by atoms with Gasteiger partial charge in [-0.1, -0.05) is 0 Å². The minimum Gasteiger partial charge on any atom is -0.507 e. The predicted molar refractivity (Wildman–Crippen MR) is 111 cm³/mol. The second-order valence-corrected chi connectivity index (χ2v) is 8.96. The second-order valence-electron chi connectivity index (χ2n) is 7.16. The smallest absolute Gasteiger partial charge is 0.300 e. The largest absolute Gasteiger partial charge is 0.507 e. The number of hydrogen-bond acceptors (Lipinski definition) is 13. The molecule has 0 spiro atoms. The molecule has 0 bridgehead atoms. The van der Waals surface area contributed by atoms with Crippen LogP contribution in [0.3, 0.4) is 0 Å². The minimum absolute atomic E-state index is 0.0488. The lowest BCUT2D eigenvalue weighted by atomic mass is 10.1. The van der Waals surface area contributed by atoms with E-state index in [-0.39, 0.29) is 22.7 Å². The average Bonchev–Trinajstić information content (AvgIpc) is 3.29. The summed E-state index contributed by atoms with van der Waals surface area (Å²) in [6.45, 7) is -0.869. The van der Waals surface area contributed by atoms with Gasteiger partial charge < -0.3 is 36.6 Å². The first-order valence-corrected chi connectivity index (χ1v) is 10.8. The molecule has 3 aromatic rings. The number of aliphatic hydroxyl groups excluding tert-OH is 3. The third-order valence-electron chi connectivity index (χ3n) is 5.15. The zero-order valence-electron chi connectivity index (χ0n) is 16.6. The van der Waals surface area contributed by atoms with E-state index in [1.54, 1.807) is 4.72 Å². The number of nitrogens with zero attached hydrogens (tertiary/aromatic N) is 4. The van der Waals surface area contributed by atoms with Gasteiger partial charge in [-0.3, -0.25) is 9.36 Å². The summed E-state index contributed by atoms with van der Waals surface area (Å²) in [5.41, 5.74) is 10.7. The zero-order chi connectivity index (χ0) is 24.1. The Morgan fingerprint density at radius 2 is 1.97 bits per heavy atom. The van der Waals surface area contributed by atoms with Crippen molar-refractivity contribution in [3.8, 4) is 5.75 Å². The molecular weight excluding hydrogens is 462 g/mol. The summed E-state index contributed by atoms with van der Waals surface area (Å²) < 4.78 is 35.0. The number of rotatable bonds is 5. The van der Waals surface area contributed by atoms with Crippen LogP contribution in [0.2, 0.25) is 0 Å². The number of aromatic nitrogens is 4. The van der Waals surface area contributed by atoms with Crippen LogP contribution in [0.25, 0.3) is 11.2 Å². The van der Waals surface area contributed by atoms with Gasteiger partial charge in [0.05, 0.1) is 12.2 Å². The average molecular weight is 481 g/mol. The third-order valence-corrected chi connectivity index (χ3v) is 6.91. The molecule has 1 aliphatic rings. The Morgan fingerprint density at radius 1 is 1.24 bits per heavy atom. The van der Waals surface area contributed by atoms with E-state index in [0.29, 0.717) is 0 Å². The molecule has 0 saturated carbocycles. The molecule has 1 aliphatic heterocycles. The van der Waals surface area contributed by atoms with Gasteiger partial charge in [0.15, 0.2) is 11.5 Å². The maximum atomic E-state index is 13.5. The summed E-state index contributed by atoms with van der Waals surface area (Å²) in [7, 11) is -5.11. The van der Waals surface area contributed by atoms with Crippen LogP contribution in [-0.4, -0.2) is 79.2 Å². The summed E-state index contributed by atoms with van der Waals surface area (Å²) in [6.07, 6.45) is -3.76. The fraction of sp³-hybridized carbons (Fsp3) is 0.294. The molecule has 0 unspecified atom stereocenters. The molecule has 0 aliphatic carbocycles. The van der Waals surface area contributed by atoms with Crippen molar-refractivity contribution in [2.45, 2.75) is 23.4 Å². The quantitative estimate of drug-likeness (QED) is 0.182. The number of nitrogens with two attached hydrogens (primary N) is 2. The molecule has 9 N–H and O–H groups in total. The van der Waals surface area contributed by atoms with Gasteiger partial charge in [0, 0.05) is 11.8 Å². The fourth-order valence-electron chi connectivity index (χ4n) is 3.54. The molecule has 2 aromatic heterocycles. The van der Waals surface area contributed by atoms with Crippen LogP contribution in [0.4, 0.5) is 11.5 Å². The molecular formula is C17H19N7O8S. The van der Waals surface area contributed by atoms with Gasteiger partial charge in [-0.05, 0) is 12.1 Å². The number of phenolic OH excluding ortho intramolecular Hbond substituents is 1. The van der Waals surface area contributed by atoms with E-state index in [1.807, 2.05) is 0 Å². The Hall–Kier alpha value is -3.57. The molecule has 4 rings (SSSR count). The maximum absolute atomic E-state index is 13.5. The molecule has 3 heterocycles. The number of carbonyl (C=O) groups is 1. The Bertz CT molecular complexity index is 1350. The van der Waals surface area contributed by atoms with E-state index < -0.39 is 57.2 Å². The number of ether oxygens (including phenoxy) is 1. The minimum atomic E-state index is -5.11. The van der Waals surface area contributed by atoms with Crippen LogP contribution >= 0.6 is 0 Å². The lowest BCUT2D eigenvalue weighted by molar-refractivity contribution is -0.0847. The van der Waals surface area contributed by atoms with Crippen LogP contribution in [0.5, 0.6) is 5.75 Å². The number of fused-ring (bicyclic) bond motifs is 1. The standard InChI is InChI=1S/C17H19N7O8S/c18-7-1-2-8(9(26)3-7)16(29)23-33(30,31)17(13(28)12(27)10(4-25)32-17)24-6-22-11-14(19)20-5-21-15(11)24/h1-3,5-6,10,12-13,25-28H,4,18H2,(H,23,29)(H2,19,20,21)/t10-,12-,13-,17+/m1/s1. The van der Waals surface area contributed by atoms with E-state index in [4.69, 9.17) is 16.2 Å². The normalized spacial score (nSPS) is 25.4. The summed E-state index contributed by atoms with van der Waals surface area (Å²) in [5.74, 6) is -2.01. The monoisotopic (exact) mass is 481 g/mol. The molecule has 33 heavy (non-hydrogen) atoms.